The molecule has 2 amide bonds. The maximum atomic E-state index is 12.6. The number of likely N-dealkylation sites (tertiary alicyclic amines) is 1. The van der Waals surface area contributed by atoms with Crippen LogP contribution in [0.1, 0.15) is 38.7 Å². The predicted molar refractivity (Wildman–Crippen MR) is 87.1 cm³/mol. The Morgan fingerprint density at radius 2 is 1.82 bits per heavy atom. The van der Waals surface area contributed by atoms with Crippen LogP contribution in [-0.4, -0.2) is 41.2 Å². The molecule has 0 aliphatic carbocycles. The molecule has 1 aromatic rings. The van der Waals surface area contributed by atoms with Crippen molar-refractivity contribution in [2.75, 3.05) is 19.6 Å². The van der Waals surface area contributed by atoms with Gasteiger partial charge in [0.15, 0.2) is 0 Å². The van der Waals surface area contributed by atoms with Crippen LogP contribution in [0.4, 0.5) is 0 Å². The molecule has 0 radical (unpaired) electrons. The standard InChI is InChI=1S/C18H26N2O2/c1-3-10-19(11-4-2)18(22)16-12-17(21)20(14-16)13-15-8-6-5-7-9-15/h5-9,16H,3-4,10-14H2,1-2H3/t16-/m1/s1. The van der Waals surface area contributed by atoms with E-state index >= 15 is 0 Å². The van der Waals surface area contributed by atoms with Crippen LogP contribution in [0.3, 0.4) is 0 Å². The Kier molecular flexibility index (Phi) is 5.99. The molecule has 0 spiro atoms. The van der Waals surface area contributed by atoms with Crippen LogP contribution in [0, 0.1) is 5.92 Å². The largest absolute Gasteiger partial charge is 0.342 e. The molecule has 1 aromatic carbocycles. The molecule has 22 heavy (non-hydrogen) atoms. The number of hydrogen-bond donors (Lipinski definition) is 0. The van der Waals surface area contributed by atoms with E-state index in [-0.39, 0.29) is 17.7 Å². The first kappa shape index (κ1) is 16.5. The zero-order valence-electron chi connectivity index (χ0n) is 13.6. The van der Waals surface area contributed by atoms with Crippen molar-refractivity contribution in [3.63, 3.8) is 0 Å². The van der Waals surface area contributed by atoms with Gasteiger partial charge in [-0.05, 0) is 18.4 Å². The fourth-order valence-electron chi connectivity index (χ4n) is 3.02. The van der Waals surface area contributed by atoms with Crippen molar-refractivity contribution in [3.8, 4) is 0 Å². The zero-order valence-corrected chi connectivity index (χ0v) is 13.6. The molecule has 2 rings (SSSR count). The third kappa shape index (κ3) is 4.09. The van der Waals surface area contributed by atoms with E-state index in [1.54, 1.807) is 0 Å². The highest BCUT2D eigenvalue weighted by molar-refractivity contribution is 5.89. The molecule has 4 heteroatoms. The Morgan fingerprint density at radius 1 is 1.18 bits per heavy atom. The third-order valence-corrected chi connectivity index (χ3v) is 4.08. The van der Waals surface area contributed by atoms with Crippen LogP contribution in [0.25, 0.3) is 0 Å². The summed E-state index contributed by atoms with van der Waals surface area (Å²) >= 11 is 0. The molecule has 1 atom stereocenters. The summed E-state index contributed by atoms with van der Waals surface area (Å²) in [5, 5.41) is 0. The van der Waals surface area contributed by atoms with Gasteiger partial charge in [-0.25, -0.2) is 0 Å². The van der Waals surface area contributed by atoms with Crippen LogP contribution in [0.2, 0.25) is 0 Å². The van der Waals surface area contributed by atoms with Crippen molar-refractivity contribution in [2.45, 2.75) is 39.7 Å². The van der Waals surface area contributed by atoms with Gasteiger partial charge in [0.1, 0.15) is 0 Å². The maximum Gasteiger partial charge on any atom is 0.227 e. The highest BCUT2D eigenvalue weighted by Gasteiger charge is 2.36. The first-order valence-electron chi connectivity index (χ1n) is 8.26. The monoisotopic (exact) mass is 302 g/mol. The molecule has 1 aliphatic rings. The number of carbonyl (C=O) groups is 2. The van der Waals surface area contributed by atoms with Crippen molar-refractivity contribution in [2.24, 2.45) is 5.92 Å². The van der Waals surface area contributed by atoms with Gasteiger partial charge in [0, 0.05) is 32.6 Å². The molecule has 0 unspecified atom stereocenters. The molecule has 0 saturated carbocycles. The lowest BCUT2D eigenvalue weighted by molar-refractivity contribution is -0.136. The predicted octanol–water partition coefficient (Wildman–Crippen LogP) is 2.68. The Labute approximate surface area is 133 Å². The van der Waals surface area contributed by atoms with E-state index in [1.165, 1.54) is 0 Å². The number of rotatable bonds is 7. The summed E-state index contributed by atoms with van der Waals surface area (Å²) in [5.74, 6) is 0.0667. The molecule has 4 nitrogen and oxygen atoms in total. The van der Waals surface area contributed by atoms with Crippen molar-refractivity contribution in [1.29, 1.82) is 0 Å². The topological polar surface area (TPSA) is 40.6 Å². The minimum Gasteiger partial charge on any atom is -0.342 e. The highest BCUT2D eigenvalue weighted by Crippen LogP contribution is 2.22. The molecular formula is C18H26N2O2. The second-order valence-electron chi connectivity index (χ2n) is 5.99. The highest BCUT2D eigenvalue weighted by atomic mass is 16.2. The molecular weight excluding hydrogens is 276 g/mol. The lowest BCUT2D eigenvalue weighted by atomic mass is 10.1. The van der Waals surface area contributed by atoms with E-state index in [9.17, 15) is 9.59 Å². The van der Waals surface area contributed by atoms with Crippen molar-refractivity contribution >= 4 is 11.8 Å². The van der Waals surface area contributed by atoms with Gasteiger partial charge in [0.05, 0.1) is 5.92 Å². The van der Waals surface area contributed by atoms with E-state index < -0.39 is 0 Å². The maximum absolute atomic E-state index is 12.6. The molecule has 0 aromatic heterocycles. The summed E-state index contributed by atoms with van der Waals surface area (Å²) in [6, 6.07) is 9.95. The van der Waals surface area contributed by atoms with E-state index in [0.717, 1.165) is 31.5 Å². The van der Waals surface area contributed by atoms with Gasteiger partial charge in [0.2, 0.25) is 11.8 Å². The molecule has 1 saturated heterocycles. The number of benzene rings is 1. The lowest BCUT2D eigenvalue weighted by Crippen LogP contribution is -2.38. The summed E-state index contributed by atoms with van der Waals surface area (Å²) in [5.41, 5.74) is 1.11. The zero-order chi connectivity index (χ0) is 15.9. The second kappa shape index (κ2) is 7.97. The summed E-state index contributed by atoms with van der Waals surface area (Å²) in [4.78, 5) is 28.5. The Balaban J connectivity index is 1.97. The number of hydrogen-bond acceptors (Lipinski definition) is 2. The van der Waals surface area contributed by atoms with Gasteiger partial charge < -0.3 is 9.80 Å². The molecule has 1 heterocycles. The number of nitrogens with zero attached hydrogens (tertiary/aromatic N) is 2. The molecule has 0 N–H and O–H groups in total. The summed E-state index contributed by atoms with van der Waals surface area (Å²) in [6.07, 6.45) is 2.27. The van der Waals surface area contributed by atoms with Crippen LogP contribution in [0.15, 0.2) is 30.3 Å². The molecule has 0 bridgehead atoms. The van der Waals surface area contributed by atoms with Gasteiger partial charge in [-0.3, -0.25) is 9.59 Å². The van der Waals surface area contributed by atoms with Gasteiger partial charge in [0.25, 0.3) is 0 Å². The van der Waals surface area contributed by atoms with Crippen LogP contribution in [-0.2, 0) is 16.1 Å². The second-order valence-corrected chi connectivity index (χ2v) is 5.99. The minimum atomic E-state index is -0.172. The van der Waals surface area contributed by atoms with Crippen LogP contribution in [0.5, 0.6) is 0 Å². The first-order valence-corrected chi connectivity index (χ1v) is 8.26. The first-order chi connectivity index (χ1) is 10.7. The Hall–Kier alpha value is -1.84. The molecule has 120 valence electrons. The van der Waals surface area contributed by atoms with Gasteiger partial charge in [-0.2, -0.15) is 0 Å². The van der Waals surface area contributed by atoms with E-state index in [0.29, 0.717) is 19.5 Å². The average Bonchev–Trinajstić information content (AvgIpc) is 2.88. The molecule has 1 fully saturated rings. The SMILES string of the molecule is CCCN(CCC)C(=O)[C@@H]1CC(=O)N(Cc2ccccc2)C1. The van der Waals surface area contributed by atoms with Crippen molar-refractivity contribution in [1.82, 2.24) is 9.80 Å². The van der Waals surface area contributed by atoms with E-state index in [2.05, 4.69) is 13.8 Å². The summed E-state index contributed by atoms with van der Waals surface area (Å²) in [6.45, 7) is 6.89. The van der Waals surface area contributed by atoms with E-state index in [4.69, 9.17) is 0 Å². The Morgan fingerprint density at radius 3 is 2.41 bits per heavy atom. The van der Waals surface area contributed by atoms with Crippen molar-refractivity contribution in [3.05, 3.63) is 35.9 Å². The average molecular weight is 302 g/mol. The van der Waals surface area contributed by atoms with Crippen LogP contribution >= 0.6 is 0 Å². The molecule has 1 aliphatic heterocycles. The van der Waals surface area contributed by atoms with Gasteiger partial charge in [-0.1, -0.05) is 44.2 Å². The fraction of sp³-hybridized carbons (Fsp3) is 0.556. The third-order valence-electron chi connectivity index (χ3n) is 4.08. The fourth-order valence-corrected chi connectivity index (χ4v) is 3.02. The Bertz CT molecular complexity index is 495. The minimum absolute atomic E-state index is 0.0927. The summed E-state index contributed by atoms with van der Waals surface area (Å²) < 4.78 is 0. The smallest absolute Gasteiger partial charge is 0.227 e. The van der Waals surface area contributed by atoms with Gasteiger partial charge in [-0.15, -0.1) is 0 Å². The van der Waals surface area contributed by atoms with Crippen LogP contribution < -0.4 is 0 Å². The summed E-state index contributed by atoms with van der Waals surface area (Å²) in [7, 11) is 0. The normalized spacial score (nSPS) is 17.8. The number of amides is 2. The van der Waals surface area contributed by atoms with E-state index in [1.807, 2.05) is 40.1 Å². The lowest BCUT2D eigenvalue weighted by Gasteiger charge is -2.24. The van der Waals surface area contributed by atoms with Gasteiger partial charge >= 0.3 is 0 Å². The number of carbonyl (C=O) groups excluding carboxylic acids is 2. The van der Waals surface area contributed by atoms with Crippen molar-refractivity contribution < 1.29 is 9.59 Å². The quantitative estimate of drug-likeness (QED) is 0.777.